The third-order valence-electron chi connectivity index (χ3n) is 10.3. The molecule has 288 valence electrons. The second-order valence-corrected chi connectivity index (χ2v) is 23.1. The number of hydrogen-bond donors (Lipinski definition) is 2. The van der Waals surface area contributed by atoms with Crippen molar-refractivity contribution < 1.29 is 33.0 Å². The molecule has 2 N–H and O–H groups in total. The summed E-state index contributed by atoms with van der Waals surface area (Å²) >= 11 is 7.78. The molecule has 53 heavy (non-hydrogen) atoms. The normalized spacial score (nSPS) is 21.0. The molecule has 1 fully saturated rings. The largest absolute Gasteiger partial charge is 0.460 e. The number of benzene rings is 1. The number of nitrogens with zero attached hydrogens (tertiary/aromatic N) is 2. The predicted molar refractivity (Wildman–Crippen MR) is 209 cm³/mol. The molecule has 3 aromatic rings. The molecule has 3 heterocycles. The molecule has 5 atom stereocenters. The van der Waals surface area contributed by atoms with Crippen molar-refractivity contribution in [3.8, 4) is 0 Å². The second-order valence-electron chi connectivity index (χ2n) is 16.6. The van der Waals surface area contributed by atoms with E-state index in [2.05, 4.69) is 54.5 Å². The standard InChI is InChI=1S/C39H53ClN4O7SSi/c1-22(43-37(47)51-38(3,4)5)36(46)50-31-17-27(15-25(31)20-49-53(9,10)39(6,7)8)44-35-30(19-41-21-42-35)33(45)32-18-28(23(2)52-32)34-29-16-26(40)12-11-24(29)13-14-48-34/h11-12,16,18-19,21-22,25,27,31,34H,13-15,17,20H2,1-10H3,(H,43,47)(H,41,42,44)/t22-,25+,27+,31-,34-/m0/s1. The molecule has 11 nitrogen and oxygen atoms in total. The van der Waals surface area contributed by atoms with Crippen LogP contribution in [0.2, 0.25) is 23.2 Å². The fourth-order valence-corrected chi connectivity index (χ4v) is 8.57. The number of ether oxygens (including phenoxy) is 3. The van der Waals surface area contributed by atoms with Crippen LogP contribution >= 0.6 is 22.9 Å². The Morgan fingerprint density at radius 1 is 1.09 bits per heavy atom. The van der Waals surface area contributed by atoms with Crippen LogP contribution < -0.4 is 10.6 Å². The first-order chi connectivity index (χ1) is 24.7. The molecule has 0 bridgehead atoms. The minimum Gasteiger partial charge on any atom is -0.460 e. The Morgan fingerprint density at radius 3 is 2.53 bits per heavy atom. The molecular weight excluding hydrogens is 732 g/mol. The first-order valence-corrected chi connectivity index (χ1v) is 22.3. The quantitative estimate of drug-likeness (QED) is 0.111. The zero-order valence-electron chi connectivity index (χ0n) is 32.4. The van der Waals surface area contributed by atoms with Gasteiger partial charge in [-0.05, 0) is 100 Å². The monoisotopic (exact) mass is 784 g/mol. The molecule has 1 amide bonds. The maximum absolute atomic E-state index is 14.1. The summed E-state index contributed by atoms with van der Waals surface area (Å²) in [5, 5.41) is 6.70. The molecule has 0 spiro atoms. The number of amides is 1. The maximum Gasteiger partial charge on any atom is 0.408 e. The van der Waals surface area contributed by atoms with Gasteiger partial charge in [0.1, 0.15) is 36.0 Å². The van der Waals surface area contributed by atoms with Crippen LogP contribution in [0, 0.1) is 12.8 Å². The van der Waals surface area contributed by atoms with Gasteiger partial charge in [-0.3, -0.25) is 4.79 Å². The molecule has 1 aliphatic heterocycles. The second kappa shape index (κ2) is 16.2. The van der Waals surface area contributed by atoms with Crippen molar-refractivity contribution in [2.75, 3.05) is 18.5 Å². The molecule has 0 radical (unpaired) electrons. The summed E-state index contributed by atoms with van der Waals surface area (Å²) in [6.07, 6.45) is 3.32. The molecule has 1 aliphatic carbocycles. The number of anilines is 1. The van der Waals surface area contributed by atoms with Crippen LogP contribution in [0.1, 0.15) is 104 Å². The molecule has 14 heteroatoms. The Kier molecular flexibility index (Phi) is 12.4. The number of fused-ring (bicyclic) bond motifs is 1. The van der Waals surface area contributed by atoms with Crippen molar-refractivity contribution in [3.63, 3.8) is 0 Å². The summed E-state index contributed by atoms with van der Waals surface area (Å²) in [7, 11) is -2.12. The number of esters is 1. The van der Waals surface area contributed by atoms with Gasteiger partial charge in [0.05, 0.1) is 17.0 Å². The Hall–Kier alpha value is -3.36. The van der Waals surface area contributed by atoms with Crippen molar-refractivity contribution in [1.82, 2.24) is 15.3 Å². The van der Waals surface area contributed by atoms with E-state index < -0.39 is 38.1 Å². The van der Waals surface area contributed by atoms with Crippen molar-refractivity contribution in [1.29, 1.82) is 0 Å². The van der Waals surface area contributed by atoms with Crippen LogP contribution in [0.25, 0.3) is 0 Å². The number of nitrogens with one attached hydrogen (secondary N) is 2. The Balaban J connectivity index is 1.33. The van der Waals surface area contributed by atoms with E-state index >= 15 is 0 Å². The van der Waals surface area contributed by atoms with Gasteiger partial charge in [-0.2, -0.15) is 0 Å². The summed E-state index contributed by atoms with van der Waals surface area (Å²) in [6, 6.07) is 6.68. The fourth-order valence-electron chi connectivity index (χ4n) is 6.33. The maximum atomic E-state index is 14.1. The molecule has 2 aromatic heterocycles. The number of alkyl carbamates (subject to hydrolysis) is 1. The van der Waals surface area contributed by atoms with Gasteiger partial charge in [0.25, 0.3) is 0 Å². The first kappa shape index (κ1) is 40.8. The highest BCUT2D eigenvalue weighted by molar-refractivity contribution is 7.14. The highest BCUT2D eigenvalue weighted by Gasteiger charge is 2.43. The van der Waals surface area contributed by atoms with Crippen molar-refractivity contribution in [2.24, 2.45) is 5.92 Å². The number of carbonyl (C=O) groups is 3. The molecule has 2 aliphatic rings. The van der Waals surface area contributed by atoms with E-state index in [1.165, 1.54) is 29.4 Å². The highest BCUT2D eigenvalue weighted by Crippen LogP contribution is 2.41. The predicted octanol–water partition coefficient (Wildman–Crippen LogP) is 8.43. The van der Waals surface area contributed by atoms with Gasteiger partial charge >= 0.3 is 12.1 Å². The average molecular weight is 785 g/mol. The Morgan fingerprint density at radius 2 is 1.83 bits per heavy atom. The van der Waals surface area contributed by atoms with Crippen LogP contribution in [0.5, 0.6) is 0 Å². The Bertz CT molecular complexity index is 1820. The molecule has 0 unspecified atom stereocenters. The minimum atomic E-state index is -2.12. The lowest BCUT2D eigenvalue weighted by Gasteiger charge is -2.37. The van der Waals surface area contributed by atoms with E-state index in [1.807, 2.05) is 31.2 Å². The minimum absolute atomic E-state index is 0.00292. The van der Waals surface area contributed by atoms with Crippen LogP contribution in [0.15, 0.2) is 36.8 Å². The SMILES string of the molecule is Cc1sc(C(=O)c2cncnc2N[C@@H]2C[C@H](CO[Si](C)(C)C(C)(C)C)[C@@H](OC(=O)[C@H](C)NC(=O)OC(C)(C)C)C2)cc1[C@@H]1OCCc2ccc(Cl)cc21. The van der Waals surface area contributed by atoms with Gasteiger partial charge in [-0.1, -0.05) is 38.4 Å². The lowest BCUT2D eigenvalue weighted by atomic mass is 9.93. The third kappa shape index (κ3) is 10.0. The van der Waals surface area contributed by atoms with Crippen LogP contribution in [-0.4, -0.2) is 73.1 Å². The summed E-state index contributed by atoms with van der Waals surface area (Å²) < 4.78 is 24.2. The topological polar surface area (TPSA) is 138 Å². The van der Waals surface area contributed by atoms with E-state index in [4.69, 9.17) is 30.2 Å². The van der Waals surface area contributed by atoms with Crippen molar-refractivity contribution in [3.05, 3.63) is 73.8 Å². The van der Waals surface area contributed by atoms with Gasteiger partial charge < -0.3 is 29.3 Å². The summed E-state index contributed by atoms with van der Waals surface area (Å²) in [6.45, 7) is 20.8. The van der Waals surface area contributed by atoms with Gasteiger partial charge in [-0.15, -0.1) is 11.3 Å². The Labute approximate surface area is 323 Å². The van der Waals surface area contributed by atoms with Crippen LogP contribution in [0.4, 0.5) is 10.6 Å². The van der Waals surface area contributed by atoms with E-state index in [0.717, 1.165) is 22.4 Å². The zero-order valence-corrected chi connectivity index (χ0v) is 35.0. The highest BCUT2D eigenvalue weighted by atomic mass is 35.5. The zero-order chi connectivity index (χ0) is 38.9. The third-order valence-corrected chi connectivity index (χ3v) is 16.1. The number of rotatable bonds is 11. The van der Waals surface area contributed by atoms with E-state index in [1.54, 1.807) is 27.7 Å². The number of halogens is 1. The number of hydrogen-bond acceptors (Lipinski definition) is 11. The van der Waals surface area contributed by atoms with Crippen LogP contribution in [0.3, 0.4) is 0 Å². The summed E-state index contributed by atoms with van der Waals surface area (Å²) in [4.78, 5) is 50.0. The van der Waals surface area contributed by atoms with Crippen molar-refractivity contribution in [2.45, 2.75) is 123 Å². The van der Waals surface area contributed by atoms with Gasteiger partial charge in [-0.25, -0.2) is 19.6 Å². The smallest absolute Gasteiger partial charge is 0.408 e. The number of aryl methyl sites for hydroxylation is 1. The fraction of sp³-hybridized carbons (Fsp3) is 0.564. The van der Waals surface area contributed by atoms with Crippen molar-refractivity contribution >= 4 is 54.9 Å². The summed E-state index contributed by atoms with van der Waals surface area (Å²) in [5.74, 6) is -0.484. The number of thiophene rings is 1. The van der Waals surface area contributed by atoms with Crippen LogP contribution in [-0.2, 0) is 29.9 Å². The molecule has 0 saturated heterocycles. The molecule has 1 saturated carbocycles. The first-order valence-electron chi connectivity index (χ1n) is 18.2. The number of aromatic nitrogens is 2. The number of ketones is 1. The lowest BCUT2D eigenvalue weighted by Crippen LogP contribution is -2.45. The molecule has 1 aromatic carbocycles. The average Bonchev–Trinajstić information content (AvgIpc) is 3.64. The van der Waals surface area contributed by atoms with Gasteiger partial charge in [0.15, 0.2) is 8.32 Å². The van der Waals surface area contributed by atoms with E-state index in [-0.39, 0.29) is 28.9 Å². The van der Waals surface area contributed by atoms with Gasteiger partial charge in [0.2, 0.25) is 5.78 Å². The van der Waals surface area contributed by atoms with E-state index in [0.29, 0.717) is 47.3 Å². The van der Waals surface area contributed by atoms with Gasteiger partial charge in [0, 0.05) is 41.1 Å². The lowest BCUT2D eigenvalue weighted by molar-refractivity contribution is -0.153. The molecular formula is C39H53ClN4O7SSi. The molecule has 5 rings (SSSR count). The number of carbonyl (C=O) groups excluding carboxylic acids is 3. The van der Waals surface area contributed by atoms with E-state index in [9.17, 15) is 14.4 Å². The summed E-state index contributed by atoms with van der Waals surface area (Å²) in [5.41, 5.74) is 2.79.